The minimum atomic E-state index is -1.15. The van der Waals surface area contributed by atoms with Crippen LogP contribution in [0.4, 0.5) is 5.69 Å². The molecule has 0 spiro atoms. The van der Waals surface area contributed by atoms with Gasteiger partial charge in [-0.1, -0.05) is 26.7 Å². The number of carbonyl (C=O) groups is 2. The molecule has 2 unspecified atom stereocenters. The lowest BCUT2D eigenvalue weighted by Crippen LogP contribution is -2.24. The Balaban J connectivity index is 3.13. The van der Waals surface area contributed by atoms with E-state index in [9.17, 15) is 19.7 Å². The Morgan fingerprint density at radius 3 is 2.50 bits per heavy atom. The maximum Gasteiger partial charge on any atom is 0.335 e. The van der Waals surface area contributed by atoms with Crippen LogP contribution in [0.25, 0.3) is 0 Å². The summed E-state index contributed by atoms with van der Waals surface area (Å²) in [6.07, 6.45) is 3.28. The zero-order valence-corrected chi connectivity index (χ0v) is 14.2. The second kappa shape index (κ2) is 9.00. The standard InChI is InChI=1S/C17H24N2O5/c1-4-6-7-12(5-2)16(20)18-15-10-13(17(21)22)8-9-14(15)11(3)19(23)24/h8-12H,4-7H2,1-3H3,(H,18,20)(H,21,22). The van der Waals surface area contributed by atoms with Gasteiger partial charge in [0.25, 0.3) is 0 Å². The first-order chi connectivity index (χ1) is 11.3. The molecule has 0 heterocycles. The lowest BCUT2D eigenvalue weighted by atomic mass is 9.97. The van der Waals surface area contributed by atoms with E-state index in [1.54, 1.807) is 0 Å². The monoisotopic (exact) mass is 336 g/mol. The van der Waals surface area contributed by atoms with Crippen LogP contribution in [0.15, 0.2) is 18.2 Å². The molecule has 0 saturated carbocycles. The van der Waals surface area contributed by atoms with Gasteiger partial charge in [-0.15, -0.1) is 0 Å². The predicted octanol–water partition coefficient (Wildman–Crippen LogP) is 3.88. The van der Waals surface area contributed by atoms with Crippen molar-refractivity contribution in [1.29, 1.82) is 0 Å². The maximum absolute atomic E-state index is 12.4. The molecule has 2 N–H and O–H groups in total. The van der Waals surface area contributed by atoms with E-state index in [-0.39, 0.29) is 23.1 Å². The summed E-state index contributed by atoms with van der Waals surface area (Å²) in [5.41, 5.74) is 0.467. The van der Waals surface area contributed by atoms with Crippen molar-refractivity contribution >= 4 is 17.6 Å². The van der Waals surface area contributed by atoms with E-state index in [0.29, 0.717) is 12.0 Å². The molecular formula is C17H24N2O5. The van der Waals surface area contributed by atoms with Gasteiger partial charge in [0.2, 0.25) is 11.9 Å². The molecule has 24 heavy (non-hydrogen) atoms. The zero-order valence-electron chi connectivity index (χ0n) is 14.2. The molecule has 0 bridgehead atoms. The summed E-state index contributed by atoms with van der Waals surface area (Å²) < 4.78 is 0. The fourth-order valence-electron chi connectivity index (χ4n) is 2.48. The Morgan fingerprint density at radius 1 is 1.33 bits per heavy atom. The van der Waals surface area contributed by atoms with E-state index in [1.807, 2.05) is 13.8 Å². The summed E-state index contributed by atoms with van der Waals surface area (Å²) in [4.78, 5) is 34.2. The van der Waals surface area contributed by atoms with Gasteiger partial charge in [0.1, 0.15) is 0 Å². The zero-order chi connectivity index (χ0) is 18.3. The van der Waals surface area contributed by atoms with E-state index in [1.165, 1.54) is 25.1 Å². The summed E-state index contributed by atoms with van der Waals surface area (Å²) >= 11 is 0. The van der Waals surface area contributed by atoms with Gasteiger partial charge < -0.3 is 10.4 Å². The average Bonchev–Trinajstić information content (AvgIpc) is 2.54. The lowest BCUT2D eigenvalue weighted by Gasteiger charge is -2.17. The van der Waals surface area contributed by atoms with Gasteiger partial charge in [0.15, 0.2) is 0 Å². The van der Waals surface area contributed by atoms with Crippen LogP contribution < -0.4 is 5.32 Å². The number of anilines is 1. The number of carboxylic acids is 1. The highest BCUT2D eigenvalue weighted by Gasteiger charge is 2.24. The van der Waals surface area contributed by atoms with E-state index >= 15 is 0 Å². The third kappa shape index (κ3) is 5.04. The van der Waals surface area contributed by atoms with Crippen LogP contribution in [0.1, 0.15) is 68.4 Å². The summed E-state index contributed by atoms with van der Waals surface area (Å²) in [6, 6.07) is 2.93. The SMILES string of the molecule is CCCCC(CC)C(=O)Nc1cc(C(=O)O)ccc1C(C)[N+](=O)[O-]. The molecule has 0 aliphatic heterocycles. The first-order valence-corrected chi connectivity index (χ1v) is 8.13. The Kier molecular flexibility index (Phi) is 7.35. The molecule has 0 aromatic heterocycles. The highest BCUT2D eigenvalue weighted by molar-refractivity contribution is 5.95. The second-order valence-electron chi connectivity index (χ2n) is 5.81. The number of carboxylic acid groups (broad SMARTS) is 1. The quantitative estimate of drug-likeness (QED) is 0.525. The Bertz CT molecular complexity index is 615. The van der Waals surface area contributed by atoms with Crippen LogP contribution in [0.5, 0.6) is 0 Å². The maximum atomic E-state index is 12.4. The Morgan fingerprint density at radius 2 is 2.00 bits per heavy atom. The molecule has 2 atom stereocenters. The van der Waals surface area contributed by atoms with Crippen molar-refractivity contribution in [2.75, 3.05) is 5.32 Å². The van der Waals surface area contributed by atoms with Crippen LogP contribution in [0.2, 0.25) is 0 Å². The molecular weight excluding hydrogens is 312 g/mol. The normalized spacial score (nSPS) is 13.1. The Hall–Kier alpha value is -2.44. The summed E-state index contributed by atoms with van der Waals surface area (Å²) in [5.74, 6) is -1.58. The number of nitrogens with zero attached hydrogens (tertiary/aromatic N) is 1. The number of carbonyl (C=O) groups excluding carboxylic acids is 1. The fourth-order valence-corrected chi connectivity index (χ4v) is 2.48. The predicted molar refractivity (Wildman–Crippen MR) is 90.7 cm³/mol. The number of unbranched alkanes of at least 4 members (excludes halogenated alkanes) is 1. The van der Waals surface area contributed by atoms with E-state index in [0.717, 1.165) is 19.3 Å². The number of aromatic carboxylic acids is 1. The van der Waals surface area contributed by atoms with Gasteiger partial charge in [-0.3, -0.25) is 14.9 Å². The smallest absolute Gasteiger partial charge is 0.335 e. The first kappa shape index (κ1) is 19.6. The fraction of sp³-hybridized carbons (Fsp3) is 0.529. The topological polar surface area (TPSA) is 110 Å². The minimum absolute atomic E-state index is 0.0220. The van der Waals surface area contributed by atoms with E-state index < -0.39 is 16.9 Å². The number of amides is 1. The van der Waals surface area contributed by atoms with Gasteiger partial charge in [-0.2, -0.15) is 0 Å². The molecule has 1 rings (SSSR count). The molecule has 0 aliphatic carbocycles. The third-order valence-corrected chi connectivity index (χ3v) is 4.09. The summed E-state index contributed by atoms with van der Waals surface area (Å²) in [6.45, 7) is 5.35. The van der Waals surface area contributed by atoms with Crippen LogP contribution in [-0.4, -0.2) is 21.9 Å². The number of benzene rings is 1. The molecule has 1 amide bonds. The first-order valence-electron chi connectivity index (χ1n) is 8.13. The van der Waals surface area contributed by atoms with Gasteiger partial charge in [-0.25, -0.2) is 4.79 Å². The lowest BCUT2D eigenvalue weighted by molar-refractivity contribution is -0.524. The molecule has 0 radical (unpaired) electrons. The van der Waals surface area contributed by atoms with Crippen LogP contribution in [-0.2, 0) is 4.79 Å². The third-order valence-electron chi connectivity index (χ3n) is 4.09. The highest BCUT2D eigenvalue weighted by atomic mass is 16.6. The van der Waals surface area contributed by atoms with Crippen molar-refractivity contribution in [2.45, 2.75) is 52.5 Å². The van der Waals surface area contributed by atoms with Crippen molar-refractivity contribution in [1.82, 2.24) is 0 Å². The molecule has 0 aliphatic rings. The van der Waals surface area contributed by atoms with Crippen molar-refractivity contribution in [3.05, 3.63) is 39.4 Å². The number of hydrogen-bond donors (Lipinski definition) is 2. The minimum Gasteiger partial charge on any atom is -0.478 e. The number of hydrogen-bond acceptors (Lipinski definition) is 4. The van der Waals surface area contributed by atoms with Gasteiger partial charge >= 0.3 is 5.97 Å². The number of nitrogens with one attached hydrogen (secondary N) is 1. The number of rotatable bonds is 9. The van der Waals surface area contributed by atoms with Crippen LogP contribution in [0.3, 0.4) is 0 Å². The van der Waals surface area contributed by atoms with Gasteiger partial charge in [0.05, 0.1) is 11.3 Å². The summed E-state index contributed by atoms with van der Waals surface area (Å²) in [5, 5.41) is 22.9. The molecule has 1 aromatic rings. The van der Waals surface area contributed by atoms with Crippen molar-refractivity contribution in [3.63, 3.8) is 0 Å². The van der Waals surface area contributed by atoms with Gasteiger partial charge in [-0.05, 0) is 31.0 Å². The van der Waals surface area contributed by atoms with Crippen molar-refractivity contribution < 1.29 is 19.6 Å². The molecule has 7 heteroatoms. The molecule has 0 saturated heterocycles. The van der Waals surface area contributed by atoms with Crippen LogP contribution in [0, 0.1) is 16.0 Å². The van der Waals surface area contributed by atoms with Crippen molar-refractivity contribution in [2.24, 2.45) is 5.92 Å². The Labute approximate surface area is 141 Å². The van der Waals surface area contributed by atoms with E-state index in [4.69, 9.17) is 5.11 Å². The number of nitro groups is 1. The average molecular weight is 336 g/mol. The highest BCUT2D eigenvalue weighted by Crippen LogP contribution is 2.27. The molecule has 132 valence electrons. The van der Waals surface area contributed by atoms with Crippen molar-refractivity contribution in [3.8, 4) is 0 Å². The van der Waals surface area contributed by atoms with Gasteiger partial charge in [0, 0.05) is 23.3 Å². The van der Waals surface area contributed by atoms with Crippen LogP contribution >= 0.6 is 0 Å². The van der Waals surface area contributed by atoms with E-state index in [2.05, 4.69) is 5.32 Å². The molecule has 0 fully saturated rings. The summed E-state index contributed by atoms with van der Waals surface area (Å²) in [7, 11) is 0. The second-order valence-corrected chi connectivity index (χ2v) is 5.81. The molecule has 7 nitrogen and oxygen atoms in total. The largest absolute Gasteiger partial charge is 0.478 e. The molecule has 1 aromatic carbocycles.